The van der Waals surface area contributed by atoms with E-state index in [1.165, 1.54) is 12.1 Å². The van der Waals surface area contributed by atoms with E-state index in [-0.39, 0.29) is 21.9 Å². The Morgan fingerprint density at radius 3 is 2.83 bits per heavy atom. The first-order valence-corrected chi connectivity index (χ1v) is 12.4. The number of amides is 4. The van der Waals surface area contributed by atoms with E-state index in [2.05, 4.69) is 15.6 Å². The highest BCUT2D eigenvalue weighted by atomic mass is 32.2. The number of aromatic nitrogens is 1. The lowest BCUT2D eigenvalue weighted by atomic mass is 9.73. The molecule has 1 saturated carbocycles. The zero-order valence-corrected chi connectivity index (χ0v) is 18.2. The molecule has 4 rings (SSSR count). The summed E-state index contributed by atoms with van der Waals surface area (Å²) in [5.74, 6) is -0.873. The third-order valence-corrected chi connectivity index (χ3v) is 7.88. The maximum absolute atomic E-state index is 13.0. The van der Waals surface area contributed by atoms with Gasteiger partial charge in [-0.15, -0.1) is 0 Å². The van der Waals surface area contributed by atoms with Gasteiger partial charge in [0.05, 0.1) is 15.1 Å². The fourth-order valence-electron chi connectivity index (χ4n) is 4.13. The average Bonchev–Trinajstić information content (AvgIpc) is 3.17. The molecule has 2 atom stereocenters. The SMILES string of the molecule is C[C@@H]1CCCC[C@]12NC(=O)N(CC(=O)Nc1nc3ccc(S(C)(=O)=O)cc3s1)C2=O. The van der Waals surface area contributed by atoms with Crippen LogP contribution in [0.5, 0.6) is 0 Å². The number of hydrogen-bond donors (Lipinski definition) is 2. The summed E-state index contributed by atoms with van der Waals surface area (Å²) in [5.41, 5.74) is -0.360. The van der Waals surface area contributed by atoms with E-state index in [9.17, 15) is 22.8 Å². The van der Waals surface area contributed by atoms with Crippen LogP contribution in [0.2, 0.25) is 0 Å². The largest absolute Gasteiger partial charge is 0.325 e. The maximum atomic E-state index is 13.0. The van der Waals surface area contributed by atoms with Crippen LogP contribution >= 0.6 is 11.3 Å². The van der Waals surface area contributed by atoms with Crippen LogP contribution in [0.3, 0.4) is 0 Å². The van der Waals surface area contributed by atoms with E-state index in [1.807, 2.05) is 6.92 Å². The van der Waals surface area contributed by atoms with Crippen molar-refractivity contribution in [2.45, 2.75) is 43.0 Å². The predicted molar refractivity (Wildman–Crippen MR) is 112 cm³/mol. The third-order valence-electron chi connectivity index (χ3n) is 5.84. The molecule has 1 aliphatic heterocycles. The van der Waals surface area contributed by atoms with Gasteiger partial charge in [0.2, 0.25) is 5.91 Å². The molecule has 2 N–H and O–H groups in total. The van der Waals surface area contributed by atoms with Crippen LogP contribution in [0.25, 0.3) is 10.2 Å². The molecule has 4 amide bonds. The molecule has 0 radical (unpaired) electrons. The molecular weight excluding hydrogens is 428 g/mol. The number of nitrogens with one attached hydrogen (secondary N) is 2. The van der Waals surface area contributed by atoms with Crippen LogP contribution in [0.1, 0.15) is 32.6 Å². The van der Waals surface area contributed by atoms with Gasteiger partial charge in [0.15, 0.2) is 15.0 Å². The van der Waals surface area contributed by atoms with Crippen molar-refractivity contribution < 1.29 is 22.8 Å². The highest BCUT2D eigenvalue weighted by molar-refractivity contribution is 7.90. The molecule has 30 heavy (non-hydrogen) atoms. The molecule has 1 saturated heterocycles. The maximum Gasteiger partial charge on any atom is 0.325 e. The quantitative estimate of drug-likeness (QED) is 0.688. The smallest absolute Gasteiger partial charge is 0.323 e. The van der Waals surface area contributed by atoms with Gasteiger partial charge in [-0.2, -0.15) is 0 Å². The zero-order chi connectivity index (χ0) is 21.7. The molecule has 2 heterocycles. The molecule has 2 aromatic rings. The number of anilines is 1. The molecule has 9 nitrogen and oxygen atoms in total. The topological polar surface area (TPSA) is 126 Å². The van der Waals surface area contributed by atoms with E-state index >= 15 is 0 Å². The van der Waals surface area contributed by atoms with Gasteiger partial charge in [0.1, 0.15) is 12.1 Å². The second-order valence-corrected chi connectivity index (χ2v) is 11.0. The van der Waals surface area contributed by atoms with Crippen molar-refractivity contribution in [3.05, 3.63) is 18.2 Å². The first-order chi connectivity index (χ1) is 14.1. The minimum atomic E-state index is -3.35. The summed E-state index contributed by atoms with van der Waals surface area (Å²) in [4.78, 5) is 43.3. The highest BCUT2D eigenvalue weighted by Gasteiger charge is 2.55. The van der Waals surface area contributed by atoms with E-state index in [0.717, 1.165) is 41.8 Å². The van der Waals surface area contributed by atoms with Gasteiger partial charge in [-0.1, -0.05) is 31.1 Å². The minimum Gasteiger partial charge on any atom is -0.323 e. The van der Waals surface area contributed by atoms with E-state index < -0.39 is 33.9 Å². The standard InChI is InChI=1S/C19H22N4O5S2/c1-11-5-3-4-8-19(11)16(25)23(18(26)22-19)10-15(24)21-17-20-13-7-6-12(30(2,27)28)9-14(13)29-17/h6-7,9,11H,3-5,8,10H2,1-2H3,(H,22,26)(H,20,21,24)/t11-,19+/m1/s1. The molecule has 0 unspecified atom stereocenters. The van der Waals surface area contributed by atoms with E-state index in [4.69, 9.17) is 0 Å². The number of thiazole rings is 1. The first-order valence-electron chi connectivity index (χ1n) is 9.65. The Morgan fingerprint density at radius 2 is 2.13 bits per heavy atom. The Hall–Kier alpha value is -2.53. The van der Waals surface area contributed by atoms with E-state index in [0.29, 0.717) is 16.6 Å². The van der Waals surface area contributed by atoms with Crippen molar-refractivity contribution in [1.82, 2.24) is 15.2 Å². The molecule has 0 bridgehead atoms. The molecule has 2 aliphatic rings. The number of hydrogen-bond acceptors (Lipinski definition) is 7. The number of sulfone groups is 1. The number of fused-ring (bicyclic) bond motifs is 1. The van der Waals surface area contributed by atoms with Crippen LogP contribution in [0.15, 0.2) is 23.1 Å². The molecule has 160 valence electrons. The molecule has 1 aromatic heterocycles. The fourth-order valence-corrected chi connectivity index (χ4v) is 5.77. The van der Waals surface area contributed by atoms with E-state index in [1.54, 1.807) is 6.07 Å². The zero-order valence-electron chi connectivity index (χ0n) is 16.6. The molecule has 1 spiro atoms. The van der Waals surface area contributed by atoms with Crippen molar-refractivity contribution in [2.24, 2.45) is 5.92 Å². The van der Waals surface area contributed by atoms with Crippen LogP contribution in [0, 0.1) is 5.92 Å². The van der Waals surface area contributed by atoms with Crippen LogP contribution in [0.4, 0.5) is 9.93 Å². The highest BCUT2D eigenvalue weighted by Crippen LogP contribution is 2.38. The lowest BCUT2D eigenvalue weighted by Gasteiger charge is -2.36. The van der Waals surface area contributed by atoms with Gasteiger partial charge >= 0.3 is 6.03 Å². The average molecular weight is 451 g/mol. The molecule has 11 heteroatoms. The Kier molecular flexibility index (Phi) is 5.05. The lowest BCUT2D eigenvalue weighted by molar-refractivity contribution is -0.136. The summed E-state index contributed by atoms with van der Waals surface area (Å²) in [6.07, 6.45) is 4.43. The Bertz CT molecular complexity index is 1160. The summed E-state index contributed by atoms with van der Waals surface area (Å²) >= 11 is 1.13. The second-order valence-electron chi connectivity index (χ2n) is 7.91. The summed E-state index contributed by atoms with van der Waals surface area (Å²) in [6, 6.07) is 3.99. The van der Waals surface area contributed by atoms with Gasteiger partial charge in [-0.25, -0.2) is 18.2 Å². The van der Waals surface area contributed by atoms with Crippen LogP contribution in [-0.2, 0) is 19.4 Å². The van der Waals surface area contributed by atoms with Crippen molar-refractivity contribution in [3.63, 3.8) is 0 Å². The number of nitrogens with zero attached hydrogens (tertiary/aromatic N) is 2. The summed E-state index contributed by atoms with van der Waals surface area (Å²) in [5, 5.41) is 5.69. The Morgan fingerprint density at radius 1 is 1.37 bits per heavy atom. The summed E-state index contributed by atoms with van der Waals surface area (Å²) in [6.45, 7) is 1.55. The van der Waals surface area contributed by atoms with Crippen molar-refractivity contribution in [3.8, 4) is 0 Å². The third kappa shape index (κ3) is 3.56. The van der Waals surface area contributed by atoms with Gasteiger partial charge in [0.25, 0.3) is 5.91 Å². The summed E-state index contributed by atoms with van der Waals surface area (Å²) in [7, 11) is -3.35. The molecule has 1 aromatic carbocycles. The van der Waals surface area contributed by atoms with Crippen molar-refractivity contribution in [1.29, 1.82) is 0 Å². The van der Waals surface area contributed by atoms with Crippen LogP contribution < -0.4 is 10.6 Å². The minimum absolute atomic E-state index is 0.0177. The molecular formula is C19H22N4O5S2. The van der Waals surface area contributed by atoms with Crippen LogP contribution in [-0.4, -0.2) is 54.5 Å². The van der Waals surface area contributed by atoms with Gasteiger partial charge < -0.3 is 10.6 Å². The van der Waals surface area contributed by atoms with Gasteiger partial charge in [-0.05, 0) is 37.0 Å². The second kappa shape index (κ2) is 7.31. The lowest BCUT2D eigenvalue weighted by Crippen LogP contribution is -2.54. The number of rotatable bonds is 4. The predicted octanol–water partition coefficient (Wildman–Crippen LogP) is 2.14. The molecule has 2 fully saturated rings. The number of benzene rings is 1. The van der Waals surface area contributed by atoms with Gasteiger partial charge in [-0.3, -0.25) is 14.5 Å². The van der Waals surface area contributed by atoms with Gasteiger partial charge in [0, 0.05) is 6.26 Å². The van der Waals surface area contributed by atoms with Crippen molar-refractivity contribution >= 4 is 54.4 Å². The Labute approximate surface area is 177 Å². The number of urea groups is 1. The fraction of sp³-hybridized carbons (Fsp3) is 0.474. The number of imide groups is 1. The monoisotopic (exact) mass is 450 g/mol. The molecule has 1 aliphatic carbocycles. The first kappa shape index (κ1) is 20.7. The number of carbonyl (C=O) groups excluding carboxylic acids is 3. The Balaban J connectivity index is 1.48. The normalized spacial score (nSPS) is 24.5. The number of carbonyl (C=O) groups is 3. The summed E-state index contributed by atoms with van der Waals surface area (Å²) < 4.78 is 24.0. The van der Waals surface area contributed by atoms with Crippen molar-refractivity contribution in [2.75, 3.05) is 18.1 Å².